The highest BCUT2D eigenvalue weighted by molar-refractivity contribution is 5.49. The van der Waals surface area contributed by atoms with Crippen LogP contribution in [0.15, 0.2) is 10.9 Å². The molecular weight excluding hydrogens is 230 g/mol. The second kappa shape index (κ2) is 5.20. The number of hydrogen-bond acceptors (Lipinski definition) is 4. The Balaban J connectivity index is 2.22. The third-order valence-electron chi connectivity index (χ3n) is 2.95. The van der Waals surface area contributed by atoms with E-state index >= 15 is 0 Å². The Bertz CT molecular complexity index is 586. The first-order valence-electron chi connectivity index (χ1n) is 6.33. The topological polar surface area (TPSA) is 75.1 Å². The van der Waals surface area contributed by atoms with Crippen molar-refractivity contribution in [1.82, 2.24) is 19.6 Å². The van der Waals surface area contributed by atoms with E-state index in [1.165, 1.54) is 17.2 Å². The van der Waals surface area contributed by atoms with Crippen molar-refractivity contribution in [3.05, 3.63) is 22.4 Å². The molecule has 2 N–H and O–H groups in total. The summed E-state index contributed by atoms with van der Waals surface area (Å²) in [7, 11) is 0. The first-order valence-corrected chi connectivity index (χ1v) is 6.33. The quantitative estimate of drug-likeness (QED) is 0.846. The van der Waals surface area contributed by atoms with Crippen LogP contribution in [0.5, 0.6) is 0 Å². The predicted octanol–water partition coefficient (Wildman–Crippen LogP) is 1.72. The molecule has 0 radical (unpaired) electrons. The predicted molar refractivity (Wildman–Crippen MR) is 71.0 cm³/mol. The number of aromatic amines is 1. The van der Waals surface area contributed by atoms with Gasteiger partial charge in [0.15, 0.2) is 5.65 Å². The summed E-state index contributed by atoms with van der Waals surface area (Å²) in [5.74, 6) is 1.40. The molecule has 2 rings (SSSR count). The monoisotopic (exact) mass is 249 g/mol. The van der Waals surface area contributed by atoms with Gasteiger partial charge in [-0.15, -0.1) is 0 Å². The maximum absolute atomic E-state index is 11.5. The second-order valence-electron chi connectivity index (χ2n) is 4.60. The molecule has 2 heterocycles. The van der Waals surface area contributed by atoms with Gasteiger partial charge in [0.1, 0.15) is 11.6 Å². The lowest BCUT2D eigenvalue weighted by Gasteiger charge is -2.14. The van der Waals surface area contributed by atoms with Gasteiger partial charge in [-0.2, -0.15) is 5.10 Å². The maximum atomic E-state index is 11.5. The van der Waals surface area contributed by atoms with Gasteiger partial charge in [-0.1, -0.05) is 19.8 Å². The summed E-state index contributed by atoms with van der Waals surface area (Å²) in [6, 6.07) is 2.15. The molecule has 0 saturated heterocycles. The molecule has 2 aromatic heterocycles. The summed E-state index contributed by atoms with van der Waals surface area (Å²) in [6.45, 7) is 6.11. The van der Waals surface area contributed by atoms with Crippen LogP contribution in [0.4, 0.5) is 5.82 Å². The minimum absolute atomic E-state index is 0.249. The Morgan fingerprint density at radius 1 is 1.56 bits per heavy atom. The smallest absolute Gasteiger partial charge is 0.349 e. The summed E-state index contributed by atoms with van der Waals surface area (Å²) in [5.41, 5.74) is 0.346. The van der Waals surface area contributed by atoms with E-state index in [1.54, 1.807) is 13.0 Å². The van der Waals surface area contributed by atoms with Crippen molar-refractivity contribution in [2.45, 2.75) is 46.1 Å². The zero-order valence-electron chi connectivity index (χ0n) is 11.0. The fourth-order valence-corrected chi connectivity index (χ4v) is 2.01. The number of hydrogen-bond donors (Lipinski definition) is 2. The van der Waals surface area contributed by atoms with Crippen LogP contribution < -0.4 is 11.0 Å². The van der Waals surface area contributed by atoms with Crippen LogP contribution in [0.25, 0.3) is 5.65 Å². The zero-order chi connectivity index (χ0) is 13.1. The van der Waals surface area contributed by atoms with Crippen molar-refractivity contribution >= 4 is 11.5 Å². The van der Waals surface area contributed by atoms with Gasteiger partial charge in [0, 0.05) is 12.1 Å². The Kier molecular flexibility index (Phi) is 3.64. The largest absolute Gasteiger partial charge is 0.367 e. The first-order chi connectivity index (χ1) is 8.61. The second-order valence-corrected chi connectivity index (χ2v) is 4.60. The van der Waals surface area contributed by atoms with E-state index in [1.807, 2.05) is 0 Å². The zero-order valence-corrected chi connectivity index (χ0v) is 11.0. The standard InChI is InChI=1S/C12H19N5O/c1-4-5-6-8(2)13-10-7-11-15-16-12(18)17(11)9(3)14-10/h7-8,13H,4-6H2,1-3H3,(H,16,18). The number of H-pyrrole nitrogens is 1. The lowest BCUT2D eigenvalue weighted by Crippen LogP contribution is -2.18. The van der Waals surface area contributed by atoms with Crippen LogP contribution in [0, 0.1) is 6.92 Å². The van der Waals surface area contributed by atoms with E-state index in [0.29, 0.717) is 17.5 Å². The van der Waals surface area contributed by atoms with Crippen molar-refractivity contribution in [2.24, 2.45) is 0 Å². The summed E-state index contributed by atoms with van der Waals surface area (Å²) < 4.78 is 1.46. The molecular formula is C12H19N5O. The van der Waals surface area contributed by atoms with Gasteiger partial charge >= 0.3 is 5.69 Å². The number of anilines is 1. The Morgan fingerprint density at radius 2 is 2.33 bits per heavy atom. The molecule has 0 aliphatic rings. The van der Waals surface area contributed by atoms with Gasteiger partial charge in [0.05, 0.1) is 0 Å². The highest BCUT2D eigenvalue weighted by Gasteiger charge is 2.08. The molecule has 0 spiro atoms. The van der Waals surface area contributed by atoms with Crippen LogP contribution in [0.1, 0.15) is 38.9 Å². The van der Waals surface area contributed by atoms with E-state index in [4.69, 9.17) is 0 Å². The number of nitrogens with zero attached hydrogens (tertiary/aromatic N) is 3. The average molecular weight is 249 g/mol. The molecule has 1 atom stereocenters. The molecule has 0 aliphatic heterocycles. The van der Waals surface area contributed by atoms with Crippen molar-refractivity contribution in [2.75, 3.05) is 5.32 Å². The molecule has 1 unspecified atom stereocenters. The summed E-state index contributed by atoms with van der Waals surface area (Å²) in [4.78, 5) is 15.8. The molecule has 0 aromatic carbocycles. The third kappa shape index (κ3) is 2.52. The van der Waals surface area contributed by atoms with Gasteiger partial charge < -0.3 is 5.32 Å². The van der Waals surface area contributed by atoms with Gasteiger partial charge in [0.2, 0.25) is 0 Å². The van der Waals surface area contributed by atoms with Crippen molar-refractivity contribution < 1.29 is 0 Å². The molecule has 98 valence electrons. The van der Waals surface area contributed by atoms with E-state index < -0.39 is 0 Å². The normalized spacial score (nSPS) is 12.8. The highest BCUT2D eigenvalue weighted by Crippen LogP contribution is 2.11. The number of aromatic nitrogens is 4. The van der Waals surface area contributed by atoms with Gasteiger partial charge in [-0.25, -0.2) is 19.3 Å². The fraction of sp³-hybridized carbons (Fsp3) is 0.583. The summed E-state index contributed by atoms with van der Waals surface area (Å²) in [6.07, 6.45) is 3.49. The van der Waals surface area contributed by atoms with E-state index in [0.717, 1.165) is 12.2 Å². The Morgan fingerprint density at radius 3 is 3.06 bits per heavy atom. The van der Waals surface area contributed by atoms with Crippen molar-refractivity contribution in [3.8, 4) is 0 Å². The number of nitrogens with one attached hydrogen (secondary N) is 2. The average Bonchev–Trinajstić information content (AvgIpc) is 2.68. The minimum atomic E-state index is -0.249. The van der Waals surface area contributed by atoms with Crippen molar-refractivity contribution in [1.29, 1.82) is 0 Å². The molecule has 0 amide bonds. The molecule has 2 aromatic rings. The molecule has 0 saturated carbocycles. The summed E-state index contributed by atoms with van der Waals surface area (Å²) >= 11 is 0. The first kappa shape index (κ1) is 12.6. The molecule has 0 fully saturated rings. The molecule has 18 heavy (non-hydrogen) atoms. The van der Waals surface area contributed by atoms with Crippen LogP contribution in [-0.2, 0) is 0 Å². The Labute approximate surface area is 105 Å². The number of fused-ring (bicyclic) bond motifs is 1. The molecule has 0 bridgehead atoms. The lowest BCUT2D eigenvalue weighted by molar-refractivity contribution is 0.642. The van der Waals surface area contributed by atoms with Crippen molar-refractivity contribution in [3.63, 3.8) is 0 Å². The molecule has 6 nitrogen and oxygen atoms in total. The molecule has 6 heteroatoms. The number of unbranched alkanes of at least 4 members (excludes halogenated alkanes) is 1. The Hall–Kier alpha value is -1.85. The fourth-order valence-electron chi connectivity index (χ4n) is 2.01. The van der Waals surface area contributed by atoms with Crippen LogP contribution in [0.3, 0.4) is 0 Å². The van der Waals surface area contributed by atoms with Crippen LogP contribution >= 0.6 is 0 Å². The van der Waals surface area contributed by atoms with Crippen LogP contribution in [0.2, 0.25) is 0 Å². The number of rotatable bonds is 5. The van der Waals surface area contributed by atoms with Crippen LogP contribution in [-0.4, -0.2) is 25.6 Å². The van der Waals surface area contributed by atoms with Gasteiger partial charge in [-0.3, -0.25) is 0 Å². The SMILES string of the molecule is CCCCC(C)Nc1cc2n[nH]c(=O)n2c(C)n1. The van der Waals surface area contributed by atoms with Gasteiger partial charge in [0.25, 0.3) is 0 Å². The maximum Gasteiger partial charge on any atom is 0.349 e. The third-order valence-corrected chi connectivity index (χ3v) is 2.95. The number of aryl methyl sites for hydroxylation is 1. The minimum Gasteiger partial charge on any atom is -0.367 e. The molecule has 0 aliphatic carbocycles. The highest BCUT2D eigenvalue weighted by atomic mass is 16.1. The van der Waals surface area contributed by atoms with E-state index in [9.17, 15) is 4.79 Å². The van der Waals surface area contributed by atoms with Gasteiger partial charge in [-0.05, 0) is 20.3 Å². The summed E-state index contributed by atoms with van der Waals surface area (Å²) in [5, 5.41) is 9.72. The lowest BCUT2D eigenvalue weighted by atomic mass is 10.1. The van der Waals surface area contributed by atoms with E-state index in [-0.39, 0.29) is 5.69 Å². The van der Waals surface area contributed by atoms with E-state index in [2.05, 4.69) is 34.3 Å².